The van der Waals surface area contributed by atoms with E-state index in [1.165, 1.54) is 6.07 Å². The molecule has 0 fully saturated rings. The Morgan fingerprint density at radius 1 is 1.04 bits per heavy atom. The molecule has 0 atom stereocenters. The van der Waals surface area contributed by atoms with Gasteiger partial charge in [-0.3, -0.25) is 9.59 Å². The Bertz CT molecular complexity index is 698. The number of nitrogens with one attached hydrogen (secondary N) is 1. The van der Waals surface area contributed by atoms with E-state index in [2.05, 4.69) is 5.32 Å². The Balaban J connectivity index is 1.79. The van der Waals surface area contributed by atoms with Crippen LogP contribution in [-0.4, -0.2) is 25.0 Å². The van der Waals surface area contributed by atoms with Crippen molar-refractivity contribution >= 4 is 17.5 Å². The van der Waals surface area contributed by atoms with Crippen molar-refractivity contribution in [1.29, 1.82) is 0 Å². The number of anilines is 1. The molecule has 0 unspecified atom stereocenters. The summed E-state index contributed by atoms with van der Waals surface area (Å²) in [5.41, 5.74) is 6.08. The SMILES string of the molecule is CCOc1ccc(OCCC(=O)Nc2cccc(C(N)=O)c2)cc1. The van der Waals surface area contributed by atoms with Crippen molar-refractivity contribution in [3.8, 4) is 11.5 Å². The third-order valence-electron chi connectivity index (χ3n) is 3.16. The molecule has 2 aromatic rings. The number of primary amides is 1. The quantitative estimate of drug-likeness (QED) is 0.779. The normalized spacial score (nSPS) is 10.0. The van der Waals surface area contributed by atoms with Gasteiger partial charge in [0.15, 0.2) is 0 Å². The lowest BCUT2D eigenvalue weighted by Crippen LogP contribution is -2.16. The molecule has 3 N–H and O–H groups in total. The Morgan fingerprint density at radius 2 is 1.71 bits per heavy atom. The maximum absolute atomic E-state index is 11.9. The minimum Gasteiger partial charge on any atom is -0.494 e. The average molecular weight is 328 g/mol. The highest BCUT2D eigenvalue weighted by molar-refractivity contribution is 5.96. The first-order valence-corrected chi connectivity index (χ1v) is 7.64. The highest BCUT2D eigenvalue weighted by Crippen LogP contribution is 2.17. The highest BCUT2D eigenvalue weighted by atomic mass is 16.5. The van der Waals surface area contributed by atoms with Crippen molar-refractivity contribution in [2.24, 2.45) is 5.73 Å². The maximum atomic E-state index is 11.9. The molecule has 6 heteroatoms. The van der Waals surface area contributed by atoms with Gasteiger partial charge >= 0.3 is 0 Å². The van der Waals surface area contributed by atoms with Crippen molar-refractivity contribution in [1.82, 2.24) is 0 Å². The zero-order chi connectivity index (χ0) is 17.4. The van der Waals surface area contributed by atoms with Gasteiger partial charge in [0.05, 0.1) is 19.6 Å². The zero-order valence-corrected chi connectivity index (χ0v) is 13.5. The van der Waals surface area contributed by atoms with Crippen LogP contribution in [0.3, 0.4) is 0 Å². The van der Waals surface area contributed by atoms with E-state index in [1.807, 2.05) is 19.1 Å². The van der Waals surface area contributed by atoms with Crippen LogP contribution in [0.1, 0.15) is 23.7 Å². The number of hydrogen-bond donors (Lipinski definition) is 2. The molecule has 0 saturated heterocycles. The van der Waals surface area contributed by atoms with Gasteiger partial charge in [-0.15, -0.1) is 0 Å². The summed E-state index contributed by atoms with van der Waals surface area (Å²) in [6.07, 6.45) is 0.189. The second-order valence-corrected chi connectivity index (χ2v) is 5.00. The van der Waals surface area contributed by atoms with Crippen molar-refractivity contribution in [3.63, 3.8) is 0 Å². The minimum atomic E-state index is -0.537. The van der Waals surface area contributed by atoms with Crippen LogP contribution in [0.15, 0.2) is 48.5 Å². The van der Waals surface area contributed by atoms with E-state index in [0.29, 0.717) is 23.6 Å². The van der Waals surface area contributed by atoms with Gasteiger partial charge in [-0.05, 0) is 49.4 Å². The molecule has 0 aliphatic carbocycles. The van der Waals surface area contributed by atoms with Crippen LogP contribution in [0.2, 0.25) is 0 Å². The van der Waals surface area contributed by atoms with Crippen LogP contribution in [0.4, 0.5) is 5.69 Å². The topological polar surface area (TPSA) is 90.7 Å². The Labute approximate surface area is 140 Å². The number of nitrogens with two attached hydrogens (primary N) is 1. The lowest BCUT2D eigenvalue weighted by atomic mass is 10.2. The molecular formula is C18H20N2O4. The lowest BCUT2D eigenvalue weighted by molar-refractivity contribution is -0.116. The molecule has 0 bridgehead atoms. The molecule has 6 nitrogen and oxygen atoms in total. The molecule has 0 aliphatic rings. The number of hydrogen-bond acceptors (Lipinski definition) is 4. The van der Waals surface area contributed by atoms with Crippen LogP contribution >= 0.6 is 0 Å². The third-order valence-corrected chi connectivity index (χ3v) is 3.16. The van der Waals surface area contributed by atoms with E-state index in [-0.39, 0.29) is 18.9 Å². The Morgan fingerprint density at radius 3 is 2.33 bits per heavy atom. The van der Waals surface area contributed by atoms with Crippen molar-refractivity contribution in [2.45, 2.75) is 13.3 Å². The smallest absolute Gasteiger partial charge is 0.248 e. The van der Waals surface area contributed by atoms with Crippen LogP contribution in [0.5, 0.6) is 11.5 Å². The van der Waals surface area contributed by atoms with E-state index in [0.717, 1.165) is 5.75 Å². The molecule has 0 radical (unpaired) electrons. The maximum Gasteiger partial charge on any atom is 0.248 e. The zero-order valence-electron chi connectivity index (χ0n) is 13.5. The number of amides is 2. The van der Waals surface area contributed by atoms with E-state index < -0.39 is 5.91 Å². The molecule has 0 spiro atoms. The third kappa shape index (κ3) is 5.31. The van der Waals surface area contributed by atoms with E-state index in [9.17, 15) is 9.59 Å². The van der Waals surface area contributed by atoms with Gasteiger partial charge < -0.3 is 20.5 Å². The largest absolute Gasteiger partial charge is 0.494 e. The Kier molecular flexibility index (Phi) is 6.19. The molecule has 2 rings (SSSR count). The van der Waals surface area contributed by atoms with Gasteiger partial charge in [0.2, 0.25) is 11.8 Å². The van der Waals surface area contributed by atoms with E-state index in [1.54, 1.807) is 30.3 Å². The van der Waals surface area contributed by atoms with Gasteiger partial charge in [-0.1, -0.05) is 6.07 Å². The van der Waals surface area contributed by atoms with Gasteiger partial charge in [-0.2, -0.15) is 0 Å². The molecule has 126 valence electrons. The first kappa shape index (κ1) is 17.3. The van der Waals surface area contributed by atoms with Crippen molar-refractivity contribution in [2.75, 3.05) is 18.5 Å². The molecule has 24 heavy (non-hydrogen) atoms. The van der Waals surface area contributed by atoms with Gasteiger partial charge in [-0.25, -0.2) is 0 Å². The summed E-state index contributed by atoms with van der Waals surface area (Å²) in [5, 5.41) is 2.70. The highest BCUT2D eigenvalue weighted by Gasteiger charge is 2.06. The summed E-state index contributed by atoms with van der Waals surface area (Å²) in [5.74, 6) is 0.700. The molecule has 0 aliphatic heterocycles. The minimum absolute atomic E-state index is 0.189. The molecule has 0 saturated carbocycles. The number of rotatable bonds is 8. The fourth-order valence-corrected chi connectivity index (χ4v) is 2.03. The molecular weight excluding hydrogens is 308 g/mol. The van der Waals surface area contributed by atoms with E-state index in [4.69, 9.17) is 15.2 Å². The summed E-state index contributed by atoms with van der Waals surface area (Å²) < 4.78 is 10.9. The number of benzene rings is 2. The van der Waals surface area contributed by atoms with Crippen LogP contribution < -0.4 is 20.5 Å². The van der Waals surface area contributed by atoms with Crippen LogP contribution in [-0.2, 0) is 4.79 Å². The number of carbonyl (C=O) groups excluding carboxylic acids is 2. The second kappa shape index (κ2) is 8.57. The second-order valence-electron chi connectivity index (χ2n) is 5.00. The molecule has 2 aromatic carbocycles. The lowest BCUT2D eigenvalue weighted by Gasteiger charge is -2.09. The summed E-state index contributed by atoms with van der Waals surface area (Å²) in [7, 11) is 0. The fraction of sp³-hybridized carbons (Fsp3) is 0.222. The fourth-order valence-electron chi connectivity index (χ4n) is 2.03. The summed E-state index contributed by atoms with van der Waals surface area (Å²) >= 11 is 0. The predicted octanol–water partition coefficient (Wildman–Crippen LogP) is 2.59. The summed E-state index contributed by atoms with van der Waals surface area (Å²) in [6.45, 7) is 2.77. The number of ether oxygens (including phenoxy) is 2. The standard InChI is InChI=1S/C18H20N2O4/c1-2-23-15-6-8-16(9-7-15)24-11-10-17(21)20-14-5-3-4-13(12-14)18(19)22/h3-9,12H,2,10-11H2,1H3,(H2,19,22)(H,20,21). The van der Waals surface area contributed by atoms with Crippen molar-refractivity contribution in [3.05, 3.63) is 54.1 Å². The van der Waals surface area contributed by atoms with E-state index >= 15 is 0 Å². The number of carbonyl (C=O) groups is 2. The van der Waals surface area contributed by atoms with Crippen LogP contribution in [0, 0.1) is 0 Å². The summed E-state index contributed by atoms with van der Waals surface area (Å²) in [6, 6.07) is 13.7. The molecule has 0 heterocycles. The summed E-state index contributed by atoms with van der Waals surface area (Å²) in [4.78, 5) is 23.0. The van der Waals surface area contributed by atoms with Crippen molar-refractivity contribution < 1.29 is 19.1 Å². The van der Waals surface area contributed by atoms with Gasteiger partial charge in [0.25, 0.3) is 0 Å². The average Bonchev–Trinajstić information content (AvgIpc) is 2.57. The predicted molar refractivity (Wildman–Crippen MR) is 91.3 cm³/mol. The first-order chi connectivity index (χ1) is 11.6. The van der Waals surface area contributed by atoms with Gasteiger partial charge in [0, 0.05) is 11.3 Å². The molecule has 0 aromatic heterocycles. The van der Waals surface area contributed by atoms with Gasteiger partial charge in [0.1, 0.15) is 11.5 Å². The Hall–Kier alpha value is -3.02. The first-order valence-electron chi connectivity index (χ1n) is 7.64. The monoisotopic (exact) mass is 328 g/mol. The van der Waals surface area contributed by atoms with Crippen LogP contribution in [0.25, 0.3) is 0 Å². The molecule has 2 amide bonds.